The topological polar surface area (TPSA) is 66.9 Å². The predicted molar refractivity (Wildman–Crippen MR) is 123 cm³/mol. The Morgan fingerprint density at radius 2 is 1.40 bits per heavy atom. The summed E-state index contributed by atoms with van der Waals surface area (Å²) in [5.74, 6) is 0.223. The molecule has 0 aliphatic rings. The molecule has 0 radical (unpaired) electrons. The molecular weight excluding hydrogens is 412 g/mol. The zero-order valence-electron chi connectivity index (χ0n) is 16.1. The second-order valence-electron chi connectivity index (χ2n) is 6.47. The summed E-state index contributed by atoms with van der Waals surface area (Å²) in [4.78, 5) is 12.7. The van der Waals surface area contributed by atoms with Crippen LogP contribution in [0.25, 0.3) is 0 Å². The Hall–Kier alpha value is -3.16. The standard InChI is InChI=1S/C23H20N4OS2/c28-20(16-29-23-27-26-22(30-23)24-19-14-8-3-9-15-19)25-21(17-10-4-1-5-11-17)18-12-6-2-7-13-18/h1-15,21H,16H2,(H,24,26)(H,25,28). The van der Waals surface area contributed by atoms with Crippen molar-refractivity contribution in [1.82, 2.24) is 15.5 Å². The van der Waals surface area contributed by atoms with E-state index < -0.39 is 0 Å². The van der Waals surface area contributed by atoms with Crippen molar-refractivity contribution < 1.29 is 4.79 Å². The molecule has 0 atom stereocenters. The second-order valence-corrected chi connectivity index (χ2v) is 8.67. The molecule has 0 saturated carbocycles. The van der Waals surface area contributed by atoms with E-state index in [1.54, 1.807) is 0 Å². The van der Waals surface area contributed by atoms with E-state index in [1.165, 1.54) is 23.1 Å². The molecule has 1 amide bonds. The van der Waals surface area contributed by atoms with Gasteiger partial charge in [-0.05, 0) is 23.3 Å². The molecule has 5 nitrogen and oxygen atoms in total. The van der Waals surface area contributed by atoms with Crippen LogP contribution in [0.3, 0.4) is 0 Å². The van der Waals surface area contributed by atoms with Crippen molar-refractivity contribution in [2.24, 2.45) is 0 Å². The number of nitrogens with zero attached hydrogens (tertiary/aromatic N) is 2. The van der Waals surface area contributed by atoms with Crippen LogP contribution >= 0.6 is 23.1 Å². The van der Waals surface area contributed by atoms with Crippen molar-refractivity contribution in [2.45, 2.75) is 10.4 Å². The highest BCUT2D eigenvalue weighted by Gasteiger charge is 2.17. The fourth-order valence-corrected chi connectivity index (χ4v) is 4.53. The minimum absolute atomic E-state index is 0.0505. The lowest BCUT2D eigenvalue weighted by Crippen LogP contribution is -2.30. The SMILES string of the molecule is O=C(CSc1nnc(Nc2ccccc2)s1)NC(c1ccccc1)c1ccccc1. The van der Waals surface area contributed by atoms with Crippen molar-refractivity contribution >= 4 is 39.8 Å². The normalized spacial score (nSPS) is 10.7. The predicted octanol–water partition coefficient (Wildman–Crippen LogP) is 5.28. The van der Waals surface area contributed by atoms with Gasteiger partial charge in [-0.3, -0.25) is 4.79 Å². The van der Waals surface area contributed by atoms with Crippen LogP contribution < -0.4 is 10.6 Å². The summed E-state index contributed by atoms with van der Waals surface area (Å²) in [7, 11) is 0. The van der Waals surface area contributed by atoms with Crippen molar-refractivity contribution in [3.8, 4) is 0 Å². The highest BCUT2D eigenvalue weighted by atomic mass is 32.2. The molecule has 30 heavy (non-hydrogen) atoms. The summed E-state index contributed by atoms with van der Waals surface area (Å²) in [6.45, 7) is 0. The van der Waals surface area contributed by atoms with Gasteiger partial charge in [0.1, 0.15) is 0 Å². The van der Waals surface area contributed by atoms with Crippen LogP contribution in [-0.2, 0) is 4.79 Å². The lowest BCUT2D eigenvalue weighted by molar-refractivity contribution is -0.119. The maximum absolute atomic E-state index is 12.7. The lowest BCUT2D eigenvalue weighted by Gasteiger charge is -2.19. The Bertz CT molecular complexity index is 1030. The maximum atomic E-state index is 12.7. The van der Waals surface area contributed by atoms with Gasteiger partial charge in [0.25, 0.3) is 0 Å². The van der Waals surface area contributed by atoms with Gasteiger partial charge in [0.15, 0.2) is 4.34 Å². The Labute approximate surface area is 183 Å². The summed E-state index contributed by atoms with van der Waals surface area (Å²) >= 11 is 2.82. The number of para-hydroxylation sites is 1. The average Bonchev–Trinajstić information content (AvgIpc) is 3.25. The molecule has 0 fully saturated rings. The largest absolute Gasteiger partial charge is 0.344 e. The van der Waals surface area contributed by atoms with Crippen LogP contribution in [0.2, 0.25) is 0 Å². The number of aromatic nitrogens is 2. The summed E-state index contributed by atoms with van der Waals surface area (Å²) in [6, 6.07) is 29.6. The molecule has 2 N–H and O–H groups in total. The van der Waals surface area contributed by atoms with E-state index in [0.717, 1.165) is 21.2 Å². The van der Waals surface area contributed by atoms with Crippen LogP contribution in [0, 0.1) is 0 Å². The minimum atomic E-state index is -0.190. The molecule has 150 valence electrons. The van der Waals surface area contributed by atoms with Crippen LogP contribution in [0.4, 0.5) is 10.8 Å². The first-order chi connectivity index (χ1) is 14.8. The Morgan fingerprint density at radius 3 is 2.00 bits per heavy atom. The van der Waals surface area contributed by atoms with E-state index in [2.05, 4.69) is 20.8 Å². The molecular formula is C23H20N4OS2. The zero-order chi connectivity index (χ0) is 20.6. The Morgan fingerprint density at radius 1 is 0.833 bits per heavy atom. The van der Waals surface area contributed by atoms with E-state index in [0.29, 0.717) is 5.13 Å². The van der Waals surface area contributed by atoms with Crippen LogP contribution in [0.1, 0.15) is 17.2 Å². The molecule has 4 aromatic rings. The molecule has 0 saturated heterocycles. The molecule has 4 rings (SSSR count). The molecule has 0 unspecified atom stereocenters. The third-order valence-corrected chi connectivity index (χ3v) is 6.30. The number of anilines is 2. The molecule has 0 spiro atoms. The molecule has 1 aromatic heterocycles. The summed E-state index contributed by atoms with van der Waals surface area (Å²) in [6.07, 6.45) is 0. The summed E-state index contributed by atoms with van der Waals surface area (Å²) in [5.41, 5.74) is 3.05. The number of benzene rings is 3. The Kier molecular flexibility index (Phi) is 6.74. The maximum Gasteiger partial charge on any atom is 0.231 e. The van der Waals surface area contributed by atoms with Gasteiger partial charge in [-0.2, -0.15) is 0 Å². The van der Waals surface area contributed by atoms with Gasteiger partial charge >= 0.3 is 0 Å². The number of hydrogen-bond acceptors (Lipinski definition) is 6. The van der Waals surface area contributed by atoms with Gasteiger partial charge in [0.2, 0.25) is 11.0 Å². The first kappa shape index (κ1) is 20.1. The van der Waals surface area contributed by atoms with E-state index in [-0.39, 0.29) is 17.7 Å². The van der Waals surface area contributed by atoms with Crippen molar-refractivity contribution in [1.29, 1.82) is 0 Å². The fraction of sp³-hybridized carbons (Fsp3) is 0.0870. The van der Waals surface area contributed by atoms with Gasteiger partial charge in [0, 0.05) is 5.69 Å². The van der Waals surface area contributed by atoms with Gasteiger partial charge in [-0.15, -0.1) is 10.2 Å². The first-order valence-corrected chi connectivity index (χ1v) is 11.3. The molecule has 1 heterocycles. The number of carbonyl (C=O) groups excluding carboxylic acids is 1. The molecule has 0 aliphatic heterocycles. The number of carbonyl (C=O) groups is 1. The van der Waals surface area contributed by atoms with Crippen LogP contribution in [0.5, 0.6) is 0 Å². The smallest absolute Gasteiger partial charge is 0.231 e. The molecule has 0 bridgehead atoms. The second kappa shape index (κ2) is 10.0. The van der Waals surface area contributed by atoms with E-state index in [9.17, 15) is 4.79 Å². The van der Waals surface area contributed by atoms with E-state index in [4.69, 9.17) is 0 Å². The van der Waals surface area contributed by atoms with Gasteiger partial charge in [0.05, 0.1) is 11.8 Å². The monoisotopic (exact) mass is 432 g/mol. The third-order valence-electron chi connectivity index (χ3n) is 4.33. The molecule has 3 aromatic carbocycles. The Balaban J connectivity index is 1.37. The van der Waals surface area contributed by atoms with Crippen molar-refractivity contribution in [2.75, 3.05) is 11.1 Å². The highest BCUT2D eigenvalue weighted by Crippen LogP contribution is 2.28. The molecule has 7 heteroatoms. The van der Waals surface area contributed by atoms with Gasteiger partial charge in [-0.1, -0.05) is 102 Å². The van der Waals surface area contributed by atoms with Crippen molar-refractivity contribution in [3.05, 3.63) is 102 Å². The number of nitrogens with one attached hydrogen (secondary N) is 2. The van der Waals surface area contributed by atoms with E-state index >= 15 is 0 Å². The summed E-state index contributed by atoms with van der Waals surface area (Å²) in [5, 5.41) is 15.4. The first-order valence-electron chi connectivity index (χ1n) is 9.45. The average molecular weight is 433 g/mol. The minimum Gasteiger partial charge on any atom is -0.344 e. The van der Waals surface area contributed by atoms with Crippen LogP contribution in [-0.4, -0.2) is 21.9 Å². The number of hydrogen-bond donors (Lipinski definition) is 2. The summed E-state index contributed by atoms with van der Waals surface area (Å²) < 4.78 is 0.750. The van der Waals surface area contributed by atoms with Gasteiger partial charge in [-0.25, -0.2) is 0 Å². The number of amides is 1. The van der Waals surface area contributed by atoms with Crippen LogP contribution in [0.15, 0.2) is 95.3 Å². The third kappa shape index (κ3) is 5.46. The molecule has 0 aliphatic carbocycles. The quantitative estimate of drug-likeness (QED) is 0.371. The lowest BCUT2D eigenvalue weighted by atomic mass is 9.99. The fourth-order valence-electron chi connectivity index (χ4n) is 2.94. The van der Waals surface area contributed by atoms with E-state index in [1.807, 2.05) is 91.0 Å². The van der Waals surface area contributed by atoms with Gasteiger partial charge < -0.3 is 10.6 Å². The number of rotatable bonds is 8. The number of thioether (sulfide) groups is 1. The zero-order valence-corrected chi connectivity index (χ0v) is 17.7. The highest BCUT2D eigenvalue weighted by molar-refractivity contribution is 8.01. The van der Waals surface area contributed by atoms with Crippen molar-refractivity contribution in [3.63, 3.8) is 0 Å².